The molecule has 0 rings (SSSR count). The zero-order valence-corrected chi connectivity index (χ0v) is 37.2. The zero-order chi connectivity index (χ0) is 41.4. The first kappa shape index (κ1) is 53.7. The van der Waals surface area contributed by atoms with Crippen molar-refractivity contribution in [3.05, 3.63) is 85.1 Å². The molecule has 3 atom stereocenters. The lowest BCUT2D eigenvalue weighted by Gasteiger charge is -2.25. The van der Waals surface area contributed by atoms with Gasteiger partial charge in [-0.05, 0) is 83.5 Å². The first-order valence-corrected chi connectivity index (χ1v) is 23.5. The van der Waals surface area contributed by atoms with E-state index < -0.39 is 20.0 Å². The molecule has 0 fully saturated rings. The number of aliphatic hydroxyl groups is 1. The molecule has 0 heterocycles. The molecular formula is C47H84N2O6P+. The molecule has 3 N–H and O–H groups in total. The number of nitrogens with zero attached hydrogens (tertiary/aromatic N) is 1. The number of likely N-dealkylation sites (N-methyl/N-ethyl adjacent to an activating group) is 1. The molecule has 0 radical (unpaired) electrons. The number of rotatable bonds is 38. The summed E-state index contributed by atoms with van der Waals surface area (Å²) in [6, 6.07) is -0.881. The van der Waals surface area contributed by atoms with Crippen LogP contribution < -0.4 is 5.32 Å². The quantitative estimate of drug-likeness (QED) is 0.0248. The summed E-state index contributed by atoms with van der Waals surface area (Å²) in [5.74, 6) is -0.211. The molecule has 1 amide bonds. The Kier molecular flexibility index (Phi) is 36.6. The van der Waals surface area contributed by atoms with Gasteiger partial charge in [-0.1, -0.05) is 150 Å². The van der Waals surface area contributed by atoms with Crippen LogP contribution in [0.5, 0.6) is 0 Å². The van der Waals surface area contributed by atoms with E-state index in [1.807, 2.05) is 27.2 Å². The minimum Gasteiger partial charge on any atom is -0.387 e. The number of hydrogen-bond acceptors (Lipinski definition) is 5. The van der Waals surface area contributed by atoms with Crippen LogP contribution in [0.2, 0.25) is 0 Å². The van der Waals surface area contributed by atoms with Crippen LogP contribution in [0, 0.1) is 0 Å². The fourth-order valence-electron chi connectivity index (χ4n) is 5.59. The molecule has 0 aliphatic rings. The van der Waals surface area contributed by atoms with Crippen LogP contribution in [-0.4, -0.2) is 73.4 Å². The maximum Gasteiger partial charge on any atom is 0.472 e. The molecule has 3 unspecified atom stereocenters. The summed E-state index contributed by atoms with van der Waals surface area (Å²) >= 11 is 0. The summed E-state index contributed by atoms with van der Waals surface area (Å²) in [6.45, 7) is 4.61. The lowest BCUT2D eigenvalue weighted by Crippen LogP contribution is -2.45. The zero-order valence-electron chi connectivity index (χ0n) is 36.3. The third-order valence-electron chi connectivity index (χ3n) is 9.08. The van der Waals surface area contributed by atoms with Crippen molar-refractivity contribution in [3.8, 4) is 0 Å². The topological polar surface area (TPSA) is 105 Å². The van der Waals surface area contributed by atoms with Crippen LogP contribution in [-0.2, 0) is 18.4 Å². The molecule has 0 aliphatic carbocycles. The Hall–Kier alpha value is -2.32. The molecule has 8 nitrogen and oxygen atoms in total. The molecule has 322 valence electrons. The van der Waals surface area contributed by atoms with E-state index in [1.54, 1.807) is 6.08 Å². The number of allylic oxidation sites excluding steroid dienone is 13. The summed E-state index contributed by atoms with van der Waals surface area (Å²) in [6.07, 6.45) is 52.2. The van der Waals surface area contributed by atoms with Crippen molar-refractivity contribution in [2.75, 3.05) is 40.9 Å². The second-order valence-electron chi connectivity index (χ2n) is 15.7. The molecule has 0 aliphatic heterocycles. The summed E-state index contributed by atoms with van der Waals surface area (Å²) in [7, 11) is 1.52. The highest BCUT2D eigenvalue weighted by Crippen LogP contribution is 2.43. The van der Waals surface area contributed by atoms with E-state index in [0.717, 1.165) is 83.5 Å². The highest BCUT2D eigenvalue weighted by Gasteiger charge is 2.27. The molecular weight excluding hydrogens is 719 g/mol. The lowest BCUT2D eigenvalue weighted by molar-refractivity contribution is -0.870. The third kappa shape index (κ3) is 39.9. The fraction of sp³-hybridized carbons (Fsp3) is 0.681. The van der Waals surface area contributed by atoms with E-state index in [-0.39, 0.29) is 19.1 Å². The van der Waals surface area contributed by atoms with Crippen molar-refractivity contribution in [2.45, 2.75) is 167 Å². The Balaban J connectivity index is 4.54. The molecule has 0 bridgehead atoms. The minimum atomic E-state index is -4.36. The maximum absolute atomic E-state index is 12.9. The van der Waals surface area contributed by atoms with Gasteiger partial charge in [-0.25, -0.2) is 4.57 Å². The molecule has 0 aromatic carbocycles. The van der Waals surface area contributed by atoms with Gasteiger partial charge in [0.1, 0.15) is 13.2 Å². The number of phosphoric ester groups is 1. The number of nitrogens with one attached hydrogen (secondary N) is 1. The van der Waals surface area contributed by atoms with Crippen molar-refractivity contribution >= 4 is 13.7 Å². The van der Waals surface area contributed by atoms with Gasteiger partial charge in [-0.3, -0.25) is 13.8 Å². The van der Waals surface area contributed by atoms with Gasteiger partial charge in [0, 0.05) is 6.42 Å². The normalized spacial score (nSPS) is 15.2. The second kappa shape index (κ2) is 38.2. The first-order chi connectivity index (χ1) is 27.0. The van der Waals surface area contributed by atoms with Gasteiger partial charge >= 0.3 is 7.82 Å². The average molecular weight is 804 g/mol. The number of phosphoric acid groups is 1. The predicted molar refractivity (Wildman–Crippen MR) is 239 cm³/mol. The minimum absolute atomic E-state index is 0.0458. The number of quaternary nitrogens is 1. The molecule has 0 spiro atoms. The Morgan fingerprint density at radius 1 is 0.625 bits per heavy atom. The third-order valence-corrected chi connectivity index (χ3v) is 10.1. The standard InChI is InChI=1S/C47H83N2O6P/c1-6-8-10-12-14-16-18-20-22-23-24-25-27-29-31-33-35-37-39-41-47(51)48-45(44-55-56(52,53)54-43-42-49(3,4)5)46(50)40-38-36-34-32-30-28-26-21-19-17-15-13-11-9-7-2/h8,10,14,16,19-22,24-25,30,32,38,40,45-46,50H,6-7,9,11-13,15,17-18,23,26-29,31,33-37,39,41-44H2,1-5H3,(H-,48,51,52,53)/p+1/b10-8-,16-14-,21-19+,22-20-,25-24-,32-30+,40-38+. The number of amides is 1. The fourth-order valence-corrected chi connectivity index (χ4v) is 6.33. The Labute approximate surface area is 344 Å². The van der Waals surface area contributed by atoms with Crippen molar-refractivity contribution < 1.29 is 32.9 Å². The van der Waals surface area contributed by atoms with Gasteiger partial charge in [-0.2, -0.15) is 0 Å². The van der Waals surface area contributed by atoms with Gasteiger partial charge in [-0.15, -0.1) is 0 Å². The van der Waals surface area contributed by atoms with Crippen molar-refractivity contribution in [2.24, 2.45) is 0 Å². The van der Waals surface area contributed by atoms with Crippen molar-refractivity contribution in [1.82, 2.24) is 5.32 Å². The number of unbranched alkanes of at least 4 members (excludes halogenated alkanes) is 13. The highest BCUT2D eigenvalue weighted by atomic mass is 31.2. The second-order valence-corrected chi connectivity index (χ2v) is 17.1. The van der Waals surface area contributed by atoms with E-state index in [1.165, 1.54) is 51.4 Å². The molecule has 0 saturated heterocycles. The largest absolute Gasteiger partial charge is 0.472 e. The summed E-state index contributed by atoms with van der Waals surface area (Å²) in [5.41, 5.74) is 0. The molecule has 9 heteroatoms. The molecule has 0 aromatic rings. The van der Waals surface area contributed by atoms with Crippen LogP contribution in [0.25, 0.3) is 0 Å². The van der Waals surface area contributed by atoms with Gasteiger partial charge in [0.2, 0.25) is 5.91 Å². The smallest absolute Gasteiger partial charge is 0.387 e. The van der Waals surface area contributed by atoms with E-state index in [2.05, 4.69) is 92.1 Å². The van der Waals surface area contributed by atoms with Gasteiger partial charge < -0.3 is 19.8 Å². The summed E-state index contributed by atoms with van der Waals surface area (Å²) in [5, 5.41) is 13.8. The average Bonchev–Trinajstić information content (AvgIpc) is 3.15. The molecule has 0 aromatic heterocycles. The highest BCUT2D eigenvalue weighted by molar-refractivity contribution is 7.47. The maximum atomic E-state index is 12.9. The predicted octanol–water partition coefficient (Wildman–Crippen LogP) is 12.2. The summed E-state index contributed by atoms with van der Waals surface area (Å²) in [4.78, 5) is 23.1. The molecule has 0 saturated carbocycles. The molecule has 56 heavy (non-hydrogen) atoms. The van der Waals surface area contributed by atoms with Crippen LogP contribution in [0.4, 0.5) is 0 Å². The van der Waals surface area contributed by atoms with Crippen LogP contribution in [0.3, 0.4) is 0 Å². The Morgan fingerprint density at radius 3 is 1.64 bits per heavy atom. The van der Waals surface area contributed by atoms with Gasteiger partial charge in [0.05, 0.1) is 39.9 Å². The van der Waals surface area contributed by atoms with Crippen molar-refractivity contribution in [1.29, 1.82) is 0 Å². The number of hydrogen-bond donors (Lipinski definition) is 3. The lowest BCUT2D eigenvalue weighted by atomic mass is 10.1. The Bertz CT molecular complexity index is 1180. The Morgan fingerprint density at radius 2 is 1.09 bits per heavy atom. The van der Waals surface area contributed by atoms with Crippen molar-refractivity contribution in [3.63, 3.8) is 0 Å². The summed E-state index contributed by atoms with van der Waals surface area (Å²) < 4.78 is 23.5. The van der Waals surface area contributed by atoms with Crippen LogP contribution >= 0.6 is 7.82 Å². The SMILES string of the molecule is CC/C=C\C/C=C\C/C=C\C/C=C\CCCCCCCCC(=O)NC(COP(=O)(O)OCC[N+](C)(C)C)C(O)/C=C/CC/C=C/CC/C=C/CCCCCCC. The van der Waals surface area contributed by atoms with Gasteiger partial charge in [0.15, 0.2) is 0 Å². The number of carbonyl (C=O) groups is 1. The monoisotopic (exact) mass is 804 g/mol. The van der Waals surface area contributed by atoms with E-state index in [0.29, 0.717) is 17.4 Å². The number of carbonyl (C=O) groups excluding carboxylic acids is 1. The van der Waals surface area contributed by atoms with Crippen LogP contribution in [0.1, 0.15) is 155 Å². The first-order valence-electron chi connectivity index (χ1n) is 22.0. The van der Waals surface area contributed by atoms with Gasteiger partial charge in [0.25, 0.3) is 0 Å². The number of aliphatic hydroxyl groups excluding tert-OH is 1. The van der Waals surface area contributed by atoms with E-state index in [9.17, 15) is 19.4 Å². The van der Waals surface area contributed by atoms with E-state index >= 15 is 0 Å². The van der Waals surface area contributed by atoms with E-state index in [4.69, 9.17) is 9.05 Å². The van der Waals surface area contributed by atoms with Crippen LogP contribution in [0.15, 0.2) is 85.1 Å².